The van der Waals surface area contributed by atoms with Crippen molar-refractivity contribution in [1.29, 1.82) is 0 Å². The van der Waals surface area contributed by atoms with Crippen molar-refractivity contribution in [3.8, 4) is 0 Å². The van der Waals surface area contributed by atoms with Gasteiger partial charge < -0.3 is 10.1 Å². The van der Waals surface area contributed by atoms with Crippen LogP contribution in [0.25, 0.3) is 0 Å². The summed E-state index contributed by atoms with van der Waals surface area (Å²) in [5.41, 5.74) is 0.767. The van der Waals surface area contributed by atoms with Gasteiger partial charge >= 0.3 is 5.97 Å². The number of halogens is 1. The minimum Gasteiger partial charge on any atom is -0.465 e. The maximum absolute atomic E-state index is 13.5. The molecule has 2 aromatic carbocycles. The molecule has 0 bridgehead atoms. The normalized spacial score (nSPS) is 16.0. The number of benzene rings is 2. The molecule has 0 saturated carbocycles. The van der Waals surface area contributed by atoms with Crippen molar-refractivity contribution in [3.63, 3.8) is 0 Å². The highest BCUT2D eigenvalue weighted by Gasteiger charge is 2.29. The quantitative estimate of drug-likeness (QED) is 0.469. The molecule has 0 unspecified atom stereocenters. The van der Waals surface area contributed by atoms with Gasteiger partial charge in [-0.3, -0.25) is 9.59 Å². The summed E-state index contributed by atoms with van der Waals surface area (Å²) >= 11 is 2.65. The number of rotatable bonds is 6. The zero-order valence-corrected chi connectivity index (χ0v) is 14.9. The number of anilines is 1. The topological polar surface area (TPSA) is 55.4 Å². The molecule has 2 aromatic rings. The van der Waals surface area contributed by atoms with E-state index in [0.29, 0.717) is 10.6 Å². The molecule has 0 spiro atoms. The molecule has 1 atom stereocenters. The van der Waals surface area contributed by atoms with Gasteiger partial charge in [0.15, 0.2) is 0 Å². The predicted octanol–water partition coefficient (Wildman–Crippen LogP) is 3.96. The molecule has 130 valence electrons. The lowest BCUT2D eigenvalue weighted by molar-refractivity contribution is -0.143. The number of carbonyl (C=O) groups is 2. The molecule has 1 amide bonds. The fraction of sp³-hybridized carbons (Fsp3) is 0.222. The molecule has 3 rings (SSSR count). The molecule has 0 radical (unpaired) electrons. The Hall–Kier alpha value is -1.99. The number of hydrogen-bond donors (Lipinski definition) is 1. The third-order valence-corrected chi connectivity index (χ3v) is 5.79. The second kappa shape index (κ2) is 8.40. The van der Waals surface area contributed by atoms with Gasteiger partial charge in [0.2, 0.25) is 5.91 Å². The lowest BCUT2D eigenvalue weighted by Gasteiger charge is -2.23. The molecule has 0 aromatic heterocycles. The number of thioether (sulfide) groups is 2. The Balaban J connectivity index is 1.44. The monoisotopic (exact) mass is 377 g/mol. The Morgan fingerprint density at radius 3 is 2.80 bits per heavy atom. The first-order chi connectivity index (χ1) is 12.1. The lowest BCUT2D eigenvalue weighted by Crippen LogP contribution is -2.31. The largest absolute Gasteiger partial charge is 0.465 e. The lowest BCUT2D eigenvalue weighted by atomic mass is 10.2. The molecule has 1 aliphatic heterocycles. The van der Waals surface area contributed by atoms with Crippen LogP contribution in [0, 0.1) is 5.82 Å². The van der Waals surface area contributed by atoms with Gasteiger partial charge in [-0.1, -0.05) is 24.3 Å². The fourth-order valence-corrected chi connectivity index (χ4v) is 4.17. The van der Waals surface area contributed by atoms with Gasteiger partial charge in [-0.2, -0.15) is 0 Å². The van der Waals surface area contributed by atoms with E-state index in [2.05, 4.69) is 5.32 Å². The molecule has 1 heterocycles. The van der Waals surface area contributed by atoms with E-state index in [1.807, 2.05) is 24.3 Å². The van der Waals surface area contributed by atoms with E-state index >= 15 is 0 Å². The zero-order chi connectivity index (χ0) is 17.6. The van der Waals surface area contributed by atoms with Crippen LogP contribution in [-0.4, -0.2) is 29.5 Å². The van der Waals surface area contributed by atoms with E-state index in [1.165, 1.54) is 29.6 Å². The molecule has 0 aliphatic carbocycles. The van der Waals surface area contributed by atoms with Crippen molar-refractivity contribution < 1.29 is 18.7 Å². The van der Waals surface area contributed by atoms with E-state index in [-0.39, 0.29) is 24.8 Å². The van der Waals surface area contributed by atoms with Crippen molar-refractivity contribution in [3.05, 3.63) is 54.3 Å². The van der Waals surface area contributed by atoms with Crippen LogP contribution in [0.2, 0.25) is 0 Å². The molecule has 7 heteroatoms. The number of amides is 1. The third-order valence-electron chi connectivity index (χ3n) is 3.50. The highest BCUT2D eigenvalue weighted by molar-refractivity contribution is 8.01. The van der Waals surface area contributed by atoms with Crippen molar-refractivity contribution >= 4 is 41.1 Å². The summed E-state index contributed by atoms with van der Waals surface area (Å²) in [7, 11) is 0. The average Bonchev–Trinajstić information content (AvgIpc) is 2.61. The summed E-state index contributed by atoms with van der Waals surface area (Å²) in [6.07, 6.45) is 0.00913. The Kier molecular flexibility index (Phi) is 5.99. The summed E-state index contributed by atoms with van der Waals surface area (Å²) in [5, 5.41) is 2.30. The minimum atomic E-state index is -0.498. The van der Waals surface area contributed by atoms with Gasteiger partial charge in [-0.25, -0.2) is 4.39 Å². The second-order valence-electron chi connectivity index (χ2n) is 5.30. The molecule has 0 saturated heterocycles. The first-order valence-corrected chi connectivity index (χ1v) is 9.59. The van der Waals surface area contributed by atoms with Gasteiger partial charge in [0, 0.05) is 15.5 Å². The maximum Gasteiger partial charge on any atom is 0.307 e. The van der Waals surface area contributed by atoms with E-state index in [9.17, 15) is 14.0 Å². The molecule has 1 aliphatic rings. The summed E-state index contributed by atoms with van der Waals surface area (Å²) in [6.45, 7) is 0.174. The Morgan fingerprint density at radius 2 is 1.96 bits per heavy atom. The van der Waals surface area contributed by atoms with Crippen LogP contribution in [0.3, 0.4) is 0 Å². The van der Waals surface area contributed by atoms with E-state index in [0.717, 1.165) is 10.6 Å². The standard InChI is InChI=1S/C18H16FNO3S2/c19-12-5-1-3-7-14(12)24-10-9-23-17(21)11-16-18(22)20-13-6-2-4-8-15(13)25-16/h1-8,16H,9-11H2,(H,20,22)/t16-/m0/s1. The molecule has 1 N–H and O–H groups in total. The second-order valence-corrected chi connectivity index (χ2v) is 7.68. The fourth-order valence-electron chi connectivity index (χ4n) is 2.31. The molecule has 25 heavy (non-hydrogen) atoms. The van der Waals surface area contributed by atoms with Gasteiger partial charge in [0.1, 0.15) is 12.4 Å². The Bertz CT molecular complexity index is 784. The van der Waals surface area contributed by atoms with E-state index in [4.69, 9.17) is 4.74 Å². The van der Waals surface area contributed by atoms with Crippen molar-refractivity contribution in [1.82, 2.24) is 0 Å². The van der Waals surface area contributed by atoms with Crippen LogP contribution >= 0.6 is 23.5 Å². The van der Waals surface area contributed by atoms with Crippen molar-refractivity contribution in [2.45, 2.75) is 21.5 Å². The number of nitrogens with one attached hydrogen (secondary N) is 1. The highest BCUT2D eigenvalue weighted by atomic mass is 32.2. The summed E-state index contributed by atoms with van der Waals surface area (Å²) in [4.78, 5) is 25.5. The smallest absolute Gasteiger partial charge is 0.307 e. The number of para-hydroxylation sites is 1. The number of esters is 1. The average molecular weight is 377 g/mol. The van der Waals surface area contributed by atoms with Crippen LogP contribution in [-0.2, 0) is 14.3 Å². The number of hydrogen-bond acceptors (Lipinski definition) is 5. The van der Waals surface area contributed by atoms with Crippen LogP contribution in [0.1, 0.15) is 6.42 Å². The summed E-state index contributed by atoms with van der Waals surface area (Å²) in [5.74, 6) is -0.449. The van der Waals surface area contributed by atoms with Crippen molar-refractivity contribution in [2.75, 3.05) is 17.7 Å². The molecular formula is C18H16FNO3S2. The number of fused-ring (bicyclic) bond motifs is 1. The first-order valence-electron chi connectivity index (χ1n) is 7.73. The van der Waals surface area contributed by atoms with Crippen LogP contribution in [0.15, 0.2) is 58.3 Å². The highest BCUT2D eigenvalue weighted by Crippen LogP contribution is 2.36. The molecule has 4 nitrogen and oxygen atoms in total. The zero-order valence-electron chi connectivity index (χ0n) is 13.2. The van der Waals surface area contributed by atoms with Crippen LogP contribution in [0.5, 0.6) is 0 Å². The van der Waals surface area contributed by atoms with Crippen LogP contribution < -0.4 is 5.32 Å². The summed E-state index contributed by atoms with van der Waals surface area (Å²) in [6, 6.07) is 13.9. The molecule has 0 fully saturated rings. The van der Waals surface area contributed by atoms with Gasteiger partial charge in [0.25, 0.3) is 0 Å². The maximum atomic E-state index is 13.5. The van der Waals surface area contributed by atoms with Crippen LogP contribution in [0.4, 0.5) is 10.1 Å². The predicted molar refractivity (Wildman–Crippen MR) is 97.4 cm³/mol. The van der Waals surface area contributed by atoms with E-state index in [1.54, 1.807) is 18.2 Å². The van der Waals surface area contributed by atoms with Crippen molar-refractivity contribution in [2.24, 2.45) is 0 Å². The van der Waals surface area contributed by atoms with E-state index < -0.39 is 11.2 Å². The number of carbonyl (C=O) groups excluding carboxylic acids is 2. The van der Waals surface area contributed by atoms with Gasteiger partial charge in [-0.15, -0.1) is 23.5 Å². The van der Waals surface area contributed by atoms with Gasteiger partial charge in [0.05, 0.1) is 17.4 Å². The number of ether oxygens (including phenoxy) is 1. The minimum absolute atomic E-state index is 0.00913. The Morgan fingerprint density at radius 1 is 1.20 bits per heavy atom. The Labute approximate surface area is 153 Å². The molecular weight excluding hydrogens is 361 g/mol. The SMILES string of the molecule is O=C(C[C@@H]1Sc2ccccc2NC1=O)OCCSc1ccccc1F. The van der Waals surface area contributed by atoms with Gasteiger partial charge in [-0.05, 0) is 24.3 Å². The first kappa shape index (κ1) is 17.8. The summed E-state index contributed by atoms with van der Waals surface area (Å²) < 4.78 is 18.6. The third kappa shape index (κ3) is 4.76.